The van der Waals surface area contributed by atoms with Crippen molar-refractivity contribution in [3.63, 3.8) is 0 Å². The molecule has 0 aromatic heterocycles. The third-order valence-electron chi connectivity index (χ3n) is 2.98. The Morgan fingerprint density at radius 1 is 1.54 bits per heavy atom. The minimum absolute atomic E-state index is 0.332. The van der Waals surface area contributed by atoms with E-state index in [9.17, 15) is 0 Å². The highest BCUT2D eigenvalue weighted by Gasteiger charge is 2.35. The zero-order valence-electron chi connectivity index (χ0n) is 8.93. The van der Waals surface area contributed by atoms with Crippen molar-refractivity contribution >= 4 is 11.8 Å². The molecule has 1 aliphatic carbocycles. The van der Waals surface area contributed by atoms with Gasteiger partial charge in [0, 0.05) is 24.9 Å². The molecule has 2 nitrogen and oxygen atoms in total. The lowest BCUT2D eigenvalue weighted by Gasteiger charge is -2.40. The SMILES string of the molecule is COC(C)CNCC1(SC)CCC1. The molecule has 1 saturated carbocycles. The zero-order valence-corrected chi connectivity index (χ0v) is 9.75. The molecule has 1 rings (SSSR count). The fourth-order valence-electron chi connectivity index (χ4n) is 1.61. The zero-order chi connectivity index (χ0) is 9.73. The van der Waals surface area contributed by atoms with Gasteiger partial charge in [0.15, 0.2) is 0 Å². The van der Waals surface area contributed by atoms with Gasteiger partial charge in [-0.15, -0.1) is 0 Å². The van der Waals surface area contributed by atoms with Crippen molar-refractivity contribution in [2.75, 3.05) is 26.5 Å². The Balaban J connectivity index is 2.10. The Labute approximate surface area is 85.8 Å². The maximum atomic E-state index is 5.18. The average Bonchev–Trinajstić information content (AvgIpc) is 2.09. The Morgan fingerprint density at radius 3 is 2.62 bits per heavy atom. The number of hydrogen-bond acceptors (Lipinski definition) is 3. The normalized spacial score (nSPS) is 22.4. The Morgan fingerprint density at radius 2 is 2.23 bits per heavy atom. The first-order chi connectivity index (χ1) is 6.22. The first-order valence-corrected chi connectivity index (χ1v) is 6.23. The van der Waals surface area contributed by atoms with E-state index in [1.165, 1.54) is 19.3 Å². The van der Waals surface area contributed by atoms with Gasteiger partial charge in [-0.3, -0.25) is 0 Å². The summed E-state index contributed by atoms with van der Waals surface area (Å²) in [6, 6.07) is 0. The minimum Gasteiger partial charge on any atom is -0.380 e. The molecule has 1 N–H and O–H groups in total. The molecule has 0 saturated heterocycles. The average molecular weight is 203 g/mol. The predicted molar refractivity (Wildman–Crippen MR) is 59.4 cm³/mol. The largest absolute Gasteiger partial charge is 0.380 e. The van der Waals surface area contributed by atoms with Crippen LogP contribution >= 0.6 is 11.8 Å². The summed E-state index contributed by atoms with van der Waals surface area (Å²) in [7, 11) is 1.76. The second-order valence-corrected chi connectivity index (χ2v) is 5.19. The van der Waals surface area contributed by atoms with E-state index in [1.54, 1.807) is 7.11 Å². The van der Waals surface area contributed by atoms with Gasteiger partial charge in [0.2, 0.25) is 0 Å². The first-order valence-electron chi connectivity index (χ1n) is 5.01. The fraction of sp³-hybridized carbons (Fsp3) is 1.00. The summed E-state index contributed by atoms with van der Waals surface area (Å²) in [6.07, 6.45) is 6.72. The summed E-state index contributed by atoms with van der Waals surface area (Å²) in [5.74, 6) is 0. The van der Waals surface area contributed by atoms with E-state index in [1.807, 2.05) is 11.8 Å². The highest BCUT2D eigenvalue weighted by Crippen LogP contribution is 2.42. The lowest BCUT2D eigenvalue weighted by atomic mass is 9.84. The molecule has 0 radical (unpaired) electrons. The molecule has 1 atom stereocenters. The van der Waals surface area contributed by atoms with Crippen LogP contribution in [0.25, 0.3) is 0 Å². The summed E-state index contributed by atoms with van der Waals surface area (Å²) in [4.78, 5) is 0. The molecule has 13 heavy (non-hydrogen) atoms. The van der Waals surface area contributed by atoms with Crippen molar-refractivity contribution in [2.24, 2.45) is 0 Å². The lowest BCUT2D eigenvalue weighted by molar-refractivity contribution is 0.115. The Kier molecular flexibility index (Phi) is 4.56. The van der Waals surface area contributed by atoms with Crippen LogP contribution < -0.4 is 5.32 Å². The molecule has 3 heteroatoms. The van der Waals surface area contributed by atoms with Crippen LogP contribution in [0.5, 0.6) is 0 Å². The van der Waals surface area contributed by atoms with Crippen molar-refractivity contribution in [1.29, 1.82) is 0 Å². The molecule has 0 heterocycles. The van der Waals surface area contributed by atoms with Gasteiger partial charge >= 0.3 is 0 Å². The van der Waals surface area contributed by atoms with E-state index in [2.05, 4.69) is 18.5 Å². The van der Waals surface area contributed by atoms with E-state index in [0.29, 0.717) is 10.9 Å². The molecule has 1 aliphatic rings. The number of thioether (sulfide) groups is 1. The van der Waals surface area contributed by atoms with Gasteiger partial charge in [-0.1, -0.05) is 6.42 Å². The van der Waals surface area contributed by atoms with Crippen LogP contribution in [0.1, 0.15) is 26.2 Å². The monoisotopic (exact) mass is 203 g/mol. The molecule has 0 aromatic carbocycles. The third-order valence-corrected chi connectivity index (χ3v) is 4.40. The van der Waals surface area contributed by atoms with E-state index >= 15 is 0 Å². The molecule has 1 unspecified atom stereocenters. The molecule has 78 valence electrons. The highest BCUT2D eigenvalue weighted by atomic mass is 32.2. The number of nitrogens with one attached hydrogen (secondary N) is 1. The fourth-order valence-corrected chi connectivity index (χ4v) is 2.55. The van der Waals surface area contributed by atoms with Gasteiger partial charge in [0.1, 0.15) is 0 Å². The quantitative estimate of drug-likeness (QED) is 0.712. The summed E-state index contributed by atoms with van der Waals surface area (Å²) in [5, 5.41) is 3.48. The van der Waals surface area contributed by atoms with Crippen molar-refractivity contribution in [2.45, 2.75) is 37.0 Å². The number of ether oxygens (including phenoxy) is 1. The minimum atomic E-state index is 0.332. The summed E-state index contributed by atoms with van der Waals surface area (Å²) >= 11 is 2.01. The number of hydrogen-bond donors (Lipinski definition) is 1. The van der Waals surface area contributed by atoms with E-state index in [-0.39, 0.29) is 0 Å². The molecule has 0 aromatic rings. The predicted octanol–water partition coefficient (Wildman–Crippen LogP) is 1.90. The van der Waals surface area contributed by atoms with E-state index < -0.39 is 0 Å². The number of methoxy groups -OCH3 is 1. The topological polar surface area (TPSA) is 21.3 Å². The Bertz CT molecular complexity index is 142. The Hall–Kier alpha value is 0.270. The molecular formula is C10H21NOS. The lowest BCUT2D eigenvalue weighted by Crippen LogP contribution is -2.45. The third kappa shape index (κ3) is 3.15. The molecular weight excluding hydrogens is 182 g/mol. The van der Waals surface area contributed by atoms with E-state index in [0.717, 1.165) is 13.1 Å². The van der Waals surface area contributed by atoms with Gasteiger partial charge in [-0.05, 0) is 26.0 Å². The maximum Gasteiger partial charge on any atom is 0.0667 e. The van der Waals surface area contributed by atoms with Crippen LogP contribution in [-0.4, -0.2) is 37.3 Å². The molecule has 0 spiro atoms. The van der Waals surface area contributed by atoms with Crippen LogP contribution in [-0.2, 0) is 4.74 Å². The smallest absolute Gasteiger partial charge is 0.0667 e. The van der Waals surface area contributed by atoms with Crippen molar-refractivity contribution in [3.05, 3.63) is 0 Å². The second kappa shape index (κ2) is 5.23. The van der Waals surface area contributed by atoms with Crippen LogP contribution in [0, 0.1) is 0 Å². The second-order valence-electron chi connectivity index (χ2n) is 3.92. The van der Waals surface area contributed by atoms with Crippen LogP contribution in [0.3, 0.4) is 0 Å². The van der Waals surface area contributed by atoms with Gasteiger partial charge in [-0.25, -0.2) is 0 Å². The standard InChI is InChI=1S/C10H21NOS/c1-9(12-2)7-11-8-10(13-3)5-4-6-10/h9,11H,4-8H2,1-3H3. The van der Waals surface area contributed by atoms with Gasteiger partial charge < -0.3 is 10.1 Å². The highest BCUT2D eigenvalue weighted by molar-refractivity contribution is 8.00. The van der Waals surface area contributed by atoms with Gasteiger partial charge in [0.05, 0.1) is 6.10 Å². The van der Waals surface area contributed by atoms with Crippen molar-refractivity contribution in [3.8, 4) is 0 Å². The first kappa shape index (κ1) is 11.3. The van der Waals surface area contributed by atoms with Gasteiger partial charge in [0.25, 0.3) is 0 Å². The molecule has 0 amide bonds. The van der Waals surface area contributed by atoms with Crippen LogP contribution in [0.4, 0.5) is 0 Å². The van der Waals surface area contributed by atoms with Crippen LogP contribution in [0.15, 0.2) is 0 Å². The molecule has 0 bridgehead atoms. The van der Waals surface area contributed by atoms with Crippen LogP contribution in [0.2, 0.25) is 0 Å². The maximum absolute atomic E-state index is 5.18. The van der Waals surface area contributed by atoms with Gasteiger partial charge in [-0.2, -0.15) is 11.8 Å². The summed E-state index contributed by atoms with van der Waals surface area (Å²) in [6.45, 7) is 4.21. The van der Waals surface area contributed by atoms with E-state index in [4.69, 9.17) is 4.74 Å². The number of rotatable bonds is 6. The summed E-state index contributed by atoms with van der Waals surface area (Å²) < 4.78 is 5.73. The van der Waals surface area contributed by atoms with Crippen molar-refractivity contribution < 1.29 is 4.74 Å². The summed E-state index contributed by atoms with van der Waals surface area (Å²) in [5.41, 5.74) is 0. The van der Waals surface area contributed by atoms with Crippen molar-refractivity contribution in [1.82, 2.24) is 5.32 Å². The molecule has 0 aliphatic heterocycles. The molecule has 1 fully saturated rings.